The first kappa shape index (κ1) is 14.7. The van der Waals surface area contributed by atoms with Crippen LogP contribution in [-0.4, -0.2) is 10.6 Å². The Morgan fingerprint density at radius 3 is 2.45 bits per heavy atom. The van der Waals surface area contributed by atoms with Gasteiger partial charge in [-0.15, -0.1) is 0 Å². The second-order valence-corrected chi connectivity index (χ2v) is 5.96. The minimum Gasteiger partial charge on any atom is -0.441 e. The summed E-state index contributed by atoms with van der Waals surface area (Å²) < 4.78 is 8.29. The number of nitrogens with zero attached hydrogens (tertiary/aromatic N) is 1. The van der Waals surface area contributed by atoms with E-state index in [1.54, 1.807) is 0 Å². The molecule has 0 aliphatic rings. The summed E-state index contributed by atoms with van der Waals surface area (Å²) in [6.07, 6.45) is 0.794. The lowest BCUT2D eigenvalue weighted by atomic mass is 10.1. The molecule has 3 heteroatoms. The number of hydrogen-bond acceptors (Lipinski definition) is 2. The van der Waals surface area contributed by atoms with Crippen molar-refractivity contribution in [3.63, 3.8) is 0 Å². The maximum atomic E-state index is 6.19. The number of rotatable bonds is 4. The molecular formula is C19H22N2O. The average Bonchev–Trinajstić information content (AvgIpc) is 2.75. The third-order valence-electron chi connectivity index (χ3n) is 3.91. The number of aryl methyl sites for hydroxylation is 2. The van der Waals surface area contributed by atoms with Crippen LogP contribution in [-0.2, 0) is 13.5 Å². The summed E-state index contributed by atoms with van der Waals surface area (Å²) >= 11 is 0. The molecule has 0 spiro atoms. The van der Waals surface area contributed by atoms with E-state index in [2.05, 4.69) is 41.8 Å². The van der Waals surface area contributed by atoms with Crippen molar-refractivity contribution in [3.05, 3.63) is 59.7 Å². The molecule has 3 aromatic rings. The standard InChI is InChI=1S/C19H22N2O/c1-13-8-10-15(11-9-13)22-19-17(12-14(2)20)16-6-4-5-7-18(16)21(19)3/h4-11,14H,12,20H2,1-3H3. The van der Waals surface area contributed by atoms with E-state index in [1.165, 1.54) is 22.0 Å². The first-order valence-corrected chi connectivity index (χ1v) is 7.62. The molecule has 3 rings (SSSR count). The Kier molecular flexibility index (Phi) is 3.90. The van der Waals surface area contributed by atoms with Crippen LogP contribution >= 0.6 is 0 Å². The molecule has 0 bridgehead atoms. The molecule has 0 saturated carbocycles. The number of ether oxygens (including phenoxy) is 1. The molecule has 0 radical (unpaired) electrons. The average molecular weight is 294 g/mol. The minimum absolute atomic E-state index is 0.0890. The lowest BCUT2D eigenvalue weighted by molar-refractivity contribution is 0.438. The molecule has 0 aliphatic heterocycles. The molecule has 1 heterocycles. The molecule has 1 unspecified atom stereocenters. The fourth-order valence-electron chi connectivity index (χ4n) is 2.82. The molecule has 22 heavy (non-hydrogen) atoms. The zero-order valence-electron chi connectivity index (χ0n) is 13.3. The van der Waals surface area contributed by atoms with Crippen LogP contribution in [0.25, 0.3) is 10.9 Å². The van der Waals surface area contributed by atoms with E-state index < -0.39 is 0 Å². The van der Waals surface area contributed by atoms with Gasteiger partial charge in [0, 0.05) is 24.0 Å². The maximum Gasteiger partial charge on any atom is 0.204 e. The Labute approximate surface area is 131 Å². The van der Waals surface area contributed by atoms with Gasteiger partial charge in [-0.05, 0) is 38.5 Å². The summed E-state index contributed by atoms with van der Waals surface area (Å²) in [5, 5.41) is 1.21. The van der Waals surface area contributed by atoms with Gasteiger partial charge < -0.3 is 15.0 Å². The van der Waals surface area contributed by atoms with Crippen LogP contribution in [0.1, 0.15) is 18.1 Å². The molecule has 0 saturated heterocycles. The molecule has 3 nitrogen and oxygen atoms in total. The largest absolute Gasteiger partial charge is 0.441 e. The molecule has 0 amide bonds. The van der Waals surface area contributed by atoms with Gasteiger partial charge in [-0.1, -0.05) is 35.9 Å². The van der Waals surface area contributed by atoms with Gasteiger partial charge in [-0.2, -0.15) is 0 Å². The van der Waals surface area contributed by atoms with Crippen LogP contribution in [0.2, 0.25) is 0 Å². The van der Waals surface area contributed by atoms with Gasteiger partial charge >= 0.3 is 0 Å². The third kappa shape index (κ3) is 2.72. The Hall–Kier alpha value is -2.26. The lowest BCUT2D eigenvalue weighted by Crippen LogP contribution is -2.18. The van der Waals surface area contributed by atoms with E-state index in [4.69, 9.17) is 10.5 Å². The maximum absolute atomic E-state index is 6.19. The van der Waals surface area contributed by atoms with Crippen molar-refractivity contribution in [2.45, 2.75) is 26.3 Å². The molecule has 1 aromatic heterocycles. The van der Waals surface area contributed by atoms with Crippen molar-refractivity contribution in [3.8, 4) is 11.6 Å². The summed E-state index contributed by atoms with van der Waals surface area (Å²) in [7, 11) is 2.04. The molecule has 0 aliphatic carbocycles. The van der Waals surface area contributed by atoms with E-state index in [0.29, 0.717) is 0 Å². The first-order chi connectivity index (χ1) is 10.6. The Balaban J connectivity index is 2.10. The van der Waals surface area contributed by atoms with Gasteiger partial charge in [0.25, 0.3) is 0 Å². The lowest BCUT2D eigenvalue weighted by Gasteiger charge is -2.11. The van der Waals surface area contributed by atoms with E-state index >= 15 is 0 Å². The van der Waals surface area contributed by atoms with Gasteiger partial charge in [-0.25, -0.2) is 0 Å². The third-order valence-corrected chi connectivity index (χ3v) is 3.91. The fourth-order valence-corrected chi connectivity index (χ4v) is 2.82. The van der Waals surface area contributed by atoms with Crippen molar-refractivity contribution in [2.24, 2.45) is 12.8 Å². The monoisotopic (exact) mass is 294 g/mol. The van der Waals surface area contributed by atoms with Crippen LogP contribution < -0.4 is 10.5 Å². The van der Waals surface area contributed by atoms with E-state index in [0.717, 1.165) is 18.1 Å². The molecular weight excluding hydrogens is 272 g/mol. The zero-order valence-corrected chi connectivity index (χ0v) is 13.3. The van der Waals surface area contributed by atoms with E-state index in [-0.39, 0.29) is 6.04 Å². The summed E-state index contributed by atoms with van der Waals surface area (Å²) in [5.41, 5.74) is 9.61. The van der Waals surface area contributed by atoms with E-state index in [9.17, 15) is 0 Å². The SMILES string of the molecule is Cc1ccc(Oc2c(CC(C)N)c3ccccc3n2C)cc1. The van der Waals surface area contributed by atoms with Gasteiger partial charge in [0.1, 0.15) is 5.75 Å². The van der Waals surface area contributed by atoms with E-state index in [1.807, 2.05) is 32.2 Å². The van der Waals surface area contributed by atoms with Crippen LogP contribution in [0.3, 0.4) is 0 Å². The number of aromatic nitrogens is 1. The predicted octanol–water partition coefficient (Wildman–Crippen LogP) is 4.17. The van der Waals surface area contributed by atoms with Crippen LogP contribution in [0.15, 0.2) is 48.5 Å². The first-order valence-electron chi connectivity index (χ1n) is 7.62. The molecule has 2 N–H and O–H groups in total. The number of fused-ring (bicyclic) bond motifs is 1. The number of benzene rings is 2. The fraction of sp³-hybridized carbons (Fsp3) is 0.263. The topological polar surface area (TPSA) is 40.2 Å². The number of nitrogens with two attached hydrogens (primary N) is 1. The van der Waals surface area contributed by atoms with Crippen molar-refractivity contribution in [1.29, 1.82) is 0 Å². The summed E-state index contributed by atoms with van der Waals surface area (Å²) in [6, 6.07) is 16.6. The highest BCUT2D eigenvalue weighted by molar-refractivity contribution is 5.87. The Morgan fingerprint density at radius 2 is 1.77 bits per heavy atom. The second-order valence-electron chi connectivity index (χ2n) is 5.96. The highest BCUT2D eigenvalue weighted by Gasteiger charge is 2.17. The highest BCUT2D eigenvalue weighted by atomic mass is 16.5. The normalized spacial score (nSPS) is 12.5. The van der Waals surface area contributed by atoms with Crippen LogP contribution in [0, 0.1) is 6.92 Å². The predicted molar refractivity (Wildman–Crippen MR) is 91.5 cm³/mol. The van der Waals surface area contributed by atoms with Gasteiger partial charge in [-0.3, -0.25) is 0 Å². The van der Waals surface area contributed by atoms with Crippen molar-refractivity contribution >= 4 is 10.9 Å². The Morgan fingerprint density at radius 1 is 1.09 bits per heavy atom. The number of hydrogen-bond donors (Lipinski definition) is 1. The zero-order chi connectivity index (χ0) is 15.7. The highest BCUT2D eigenvalue weighted by Crippen LogP contribution is 2.35. The van der Waals surface area contributed by atoms with Crippen molar-refractivity contribution in [1.82, 2.24) is 4.57 Å². The van der Waals surface area contributed by atoms with Crippen LogP contribution in [0.5, 0.6) is 11.6 Å². The second kappa shape index (κ2) is 5.85. The van der Waals surface area contributed by atoms with Crippen molar-refractivity contribution in [2.75, 3.05) is 0 Å². The summed E-state index contributed by atoms with van der Waals surface area (Å²) in [5.74, 6) is 1.73. The molecule has 1 atom stereocenters. The van der Waals surface area contributed by atoms with Crippen molar-refractivity contribution < 1.29 is 4.74 Å². The molecule has 0 fully saturated rings. The van der Waals surface area contributed by atoms with Gasteiger partial charge in [0.2, 0.25) is 5.88 Å². The smallest absolute Gasteiger partial charge is 0.204 e. The van der Waals surface area contributed by atoms with Crippen LogP contribution in [0.4, 0.5) is 0 Å². The summed E-state index contributed by atoms with van der Waals surface area (Å²) in [4.78, 5) is 0. The van der Waals surface area contributed by atoms with Gasteiger partial charge in [0.15, 0.2) is 0 Å². The summed E-state index contributed by atoms with van der Waals surface area (Å²) in [6.45, 7) is 4.10. The Bertz CT molecular complexity index is 785. The van der Waals surface area contributed by atoms with Gasteiger partial charge in [0.05, 0.1) is 5.52 Å². The molecule has 2 aromatic carbocycles. The number of para-hydroxylation sites is 1. The quantitative estimate of drug-likeness (QED) is 0.784. The minimum atomic E-state index is 0.0890. The molecule has 114 valence electrons.